The highest BCUT2D eigenvalue weighted by atomic mass is 15.2. The van der Waals surface area contributed by atoms with Gasteiger partial charge in [0.25, 0.3) is 0 Å². The molecule has 0 spiro atoms. The summed E-state index contributed by atoms with van der Waals surface area (Å²) in [5.41, 5.74) is 13.0. The number of rotatable bonds is 6. The zero-order valence-electron chi connectivity index (χ0n) is 29.8. The Labute approximate surface area is 311 Å². The average Bonchev–Trinajstić information content (AvgIpc) is 3.55. The normalized spacial score (nSPS) is 21.8. The Morgan fingerprint density at radius 1 is 0.453 bits per heavy atom. The maximum atomic E-state index is 5.62. The Balaban J connectivity index is 1.23. The first-order valence-electron chi connectivity index (χ1n) is 19.4. The molecule has 2 aromatic heterocycles. The molecule has 2 heterocycles. The van der Waals surface area contributed by atoms with Gasteiger partial charge >= 0.3 is 0 Å². The molecule has 0 aliphatic heterocycles. The van der Waals surface area contributed by atoms with Gasteiger partial charge in [-0.25, -0.2) is 9.97 Å². The quantitative estimate of drug-likeness (QED) is 0.175. The van der Waals surface area contributed by atoms with Crippen molar-refractivity contribution >= 4 is 21.8 Å². The number of hydrogen-bond acceptors (Lipinski definition) is 2. The molecule has 4 saturated carbocycles. The smallest absolute Gasteiger partial charge is 0.235 e. The van der Waals surface area contributed by atoms with Crippen molar-refractivity contribution < 1.29 is 0 Å². The predicted molar refractivity (Wildman–Crippen MR) is 218 cm³/mol. The van der Waals surface area contributed by atoms with Gasteiger partial charge in [-0.3, -0.25) is 4.57 Å². The van der Waals surface area contributed by atoms with Crippen molar-refractivity contribution in [3.05, 3.63) is 163 Å². The molecule has 0 amide bonds. The van der Waals surface area contributed by atoms with Crippen LogP contribution in [0, 0.1) is 17.8 Å². The van der Waals surface area contributed by atoms with Gasteiger partial charge in [0.05, 0.1) is 22.4 Å². The lowest BCUT2D eigenvalue weighted by Crippen LogP contribution is -2.48. The number of nitrogens with zero attached hydrogens (tertiary/aromatic N) is 3. The lowest BCUT2D eigenvalue weighted by molar-refractivity contribution is -0.00514. The van der Waals surface area contributed by atoms with Crippen LogP contribution in [0.5, 0.6) is 0 Å². The first-order valence-corrected chi connectivity index (χ1v) is 19.4. The van der Waals surface area contributed by atoms with Crippen LogP contribution in [-0.2, 0) is 5.41 Å². The van der Waals surface area contributed by atoms with Crippen LogP contribution in [-0.4, -0.2) is 14.5 Å². The average molecular weight is 684 g/mol. The summed E-state index contributed by atoms with van der Waals surface area (Å²) in [6.07, 6.45) is 8.27. The van der Waals surface area contributed by atoms with Gasteiger partial charge in [-0.15, -0.1) is 0 Å². The van der Waals surface area contributed by atoms with E-state index in [2.05, 4.69) is 162 Å². The van der Waals surface area contributed by atoms with E-state index in [4.69, 9.17) is 9.97 Å². The summed E-state index contributed by atoms with van der Waals surface area (Å²) in [7, 11) is 0. The van der Waals surface area contributed by atoms with Gasteiger partial charge < -0.3 is 0 Å². The Morgan fingerprint density at radius 2 is 0.887 bits per heavy atom. The number of aromatic nitrogens is 3. The molecule has 0 saturated heterocycles. The van der Waals surface area contributed by atoms with Gasteiger partial charge in [0.2, 0.25) is 5.95 Å². The minimum Gasteiger partial charge on any atom is -0.278 e. The maximum Gasteiger partial charge on any atom is 0.235 e. The second-order valence-corrected chi connectivity index (χ2v) is 16.1. The molecule has 4 aliphatic rings. The SMILES string of the molecule is c1ccc(-c2cc(-c3c(-c4ccccc4)cc(C45CC6CC(CC(C6)C4)C5)cc3-c3ccccc3)nc(-n3c4ccccc4c4ccccc43)n2)cc1. The molecule has 0 radical (unpaired) electrons. The molecule has 0 unspecified atom stereocenters. The Kier molecular flexibility index (Phi) is 7.05. The minimum absolute atomic E-state index is 0.245. The highest BCUT2D eigenvalue weighted by molar-refractivity contribution is 6.09. The number of fused-ring (bicyclic) bond motifs is 3. The molecule has 4 bridgehead atoms. The molecule has 3 nitrogen and oxygen atoms in total. The van der Waals surface area contributed by atoms with E-state index >= 15 is 0 Å². The topological polar surface area (TPSA) is 30.7 Å². The summed E-state index contributed by atoms with van der Waals surface area (Å²) in [6, 6.07) is 57.3. The molecular formula is C50H41N3. The largest absolute Gasteiger partial charge is 0.278 e. The van der Waals surface area contributed by atoms with Crippen LogP contribution < -0.4 is 0 Å². The van der Waals surface area contributed by atoms with Crippen molar-refractivity contribution in [3.8, 4) is 50.7 Å². The molecule has 4 aliphatic carbocycles. The first-order chi connectivity index (χ1) is 26.2. The van der Waals surface area contributed by atoms with Crippen LogP contribution in [0.15, 0.2) is 158 Å². The molecule has 0 atom stereocenters. The molecule has 4 fully saturated rings. The molecular weight excluding hydrogens is 643 g/mol. The van der Waals surface area contributed by atoms with E-state index in [1.54, 1.807) is 0 Å². The summed E-state index contributed by atoms with van der Waals surface area (Å²) in [6.45, 7) is 0. The zero-order valence-corrected chi connectivity index (χ0v) is 29.8. The Morgan fingerprint density at radius 3 is 1.40 bits per heavy atom. The third-order valence-electron chi connectivity index (χ3n) is 12.8. The van der Waals surface area contributed by atoms with Crippen LogP contribution in [0.3, 0.4) is 0 Å². The summed E-state index contributed by atoms with van der Waals surface area (Å²) < 4.78 is 2.26. The molecule has 0 N–H and O–H groups in total. The van der Waals surface area contributed by atoms with E-state index in [0.717, 1.165) is 51.3 Å². The molecule has 8 aromatic rings. The molecule has 12 rings (SSSR count). The van der Waals surface area contributed by atoms with E-state index < -0.39 is 0 Å². The Bertz CT molecular complexity index is 2490. The van der Waals surface area contributed by atoms with E-state index in [1.807, 2.05) is 0 Å². The summed E-state index contributed by atoms with van der Waals surface area (Å²) in [4.78, 5) is 11.0. The fourth-order valence-corrected chi connectivity index (χ4v) is 10.9. The molecule has 256 valence electrons. The molecule has 6 aromatic carbocycles. The van der Waals surface area contributed by atoms with Gasteiger partial charge in [0.1, 0.15) is 0 Å². The summed E-state index contributed by atoms with van der Waals surface area (Å²) >= 11 is 0. The Hall–Kier alpha value is -5.80. The van der Waals surface area contributed by atoms with Crippen molar-refractivity contribution in [1.29, 1.82) is 0 Å². The third-order valence-corrected chi connectivity index (χ3v) is 12.8. The van der Waals surface area contributed by atoms with Crippen molar-refractivity contribution in [2.75, 3.05) is 0 Å². The second kappa shape index (κ2) is 12.1. The van der Waals surface area contributed by atoms with Crippen LogP contribution in [0.25, 0.3) is 72.5 Å². The van der Waals surface area contributed by atoms with Crippen molar-refractivity contribution in [3.63, 3.8) is 0 Å². The van der Waals surface area contributed by atoms with Crippen molar-refractivity contribution in [2.24, 2.45) is 17.8 Å². The van der Waals surface area contributed by atoms with Gasteiger partial charge in [-0.2, -0.15) is 0 Å². The summed E-state index contributed by atoms with van der Waals surface area (Å²) in [5, 5.41) is 2.40. The lowest BCUT2D eigenvalue weighted by atomic mass is 9.48. The number of hydrogen-bond donors (Lipinski definition) is 0. The number of para-hydroxylation sites is 2. The van der Waals surface area contributed by atoms with Crippen molar-refractivity contribution in [1.82, 2.24) is 14.5 Å². The van der Waals surface area contributed by atoms with Crippen LogP contribution in [0.2, 0.25) is 0 Å². The standard InChI is InChI=1S/C50H41N3/c1-4-14-36(15-5-1)42-27-39(50-30-33-24-34(31-50)26-35(25-33)32-50)28-43(37-16-6-2-7-17-37)48(42)45-29-44(38-18-8-3-9-19-38)51-49(52-45)53-46-22-12-10-20-40(46)41-21-11-13-23-47(41)53/h1-23,27-29,33-35H,24-26,30-32H2. The van der Waals surface area contributed by atoms with Crippen LogP contribution in [0.4, 0.5) is 0 Å². The van der Waals surface area contributed by atoms with E-state index in [-0.39, 0.29) is 5.41 Å². The molecule has 3 heteroatoms. The van der Waals surface area contributed by atoms with Gasteiger partial charge in [0.15, 0.2) is 0 Å². The second-order valence-electron chi connectivity index (χ2n) is 16.1. The fraction of sp³-hybridized carbons (Fsp3) is 0.200. The number of benzene rings is 6. The highest BCUT2D eigenvalue weighted by Crippen LogP contribution is 2.61. The zero-order chi connectivity index (χ0) is 34.9. The maximum absolute atomic E-state index is 5.62. The van der Waals surface area contributed by atoms with Gasteiger partial charge in [-0.05, 0) is 120 Å². The highest BCUT2D eigenvalue weighted by Gasteiger charge is 2.51. The van der Waals surface area contributed by atoms with Crippen LogP contribution in [0.1, 0.15) is 44.1 Å². The fourth-order valence-electron chi connectivity index (χ4n) is 10.9. The first kappa shape index (κ1) is 30.8. The minimum atomic E-state index is 0.245. The van der Waals surface area contributed by atoms with Gasteiger partial charge in [-0.1, -0.05) is 127 Å². The van der Waals surface area contributed by atoms with Crippen molar-refractivity contribution in [2.45, 2.75) is 43.9 Å². The predicted octanol–water partition coefficient (Wildman–Crippen LogP) is 12.7. The van der Waals surface area contributed by atoms with Crippen LogP contribution >= 0.6 is 0 Å². The molecule has 53 heavy (non-hydrogen) atoms. The van der Waals surface area contributed by atoms with Gasteiger partial charge in [0, 0.05) is 21.9 Å². The van der Waals surface area contributed by atoms with E-state index in [1.165, 1.54) is 77.1 Å². The summed E-state index contributed by atoms with van der Waals surface area (Å²) in [5.74, 6) is 3.28. The van der Waals surface area contributed by atoms with E-state index in [0.29, 0.717) is 5.95 Å². The lowest BCUT2D eigenvalue weighted by Gasteiger charge is -2.57. The monoisotopic (exact) mass is 683 g/mol. The third kappa shape index (κ3) is 5.09. The van der Waals surface area contributed by atoms with E-state index in [9.17, 15) is 0 Å².